The fourth-order valence-corrected chi connectivity index (χ4v) is 3.00. The van der Waals surface area contributed by atoms with Crippen molar-refractivity contribution in [1.29, 1.82) is 0 Å². The van der Waals surface area contributed by atoms with Crippen LogP contribution in [0.2, 0.25) is 0 Å². The molecule has 3 heteroatoms. The minimum Gasteiger partial charge on any atom is -0.330 e. The molecule has 0 bridgehead atoms. The van der Waals surface area contributed by atoms with Gasteiger partial charge < -0.3 is 5.73 Å². The summed E-state index contributed by atoms with van der Waals surface area (Å²) >= 11 is 0. The first-order valence-corrected chi connectivity index (χ1v) is 5.61. The van der Waals surface area contributed by atoms with Gasteiger partial charge >= 0.3 is 0 Å². The van der Waals surface area contributed by atoms with Gasteiger partial charge in [-0.15, -0.1) is 0 Å². The van der Waals surface area contributed by atoms with E-state index < -0.39 is 0 Å². The fourth-order valence-electron chi connectivity index (χ4n) is 3.00. The van der Waals surface area contributed by atoms with E-state index in [0.29, 0.717) is 17.3 Å². The smallest absolute Gasteiger partial charge is 0.0631 e. The van der Waals surface area contributed by atoms with Crippen LogP contribution in [0.15, 0.2) is 0 Å². The molecule has 1 saturated carbocycles. The zero-order chi connectivity index (χ0) is 11.4. The van der Waals surface area contributed by atoms with E-state index in [1.807, 2.05) is 11.7 Å². The second-order valence-electron chi connectivity index (χ2n) is 5.35. The highest BCUT2D eigenvalue weighted by Crippen LogP contribution is 2.64. The predicted molar refractivity (Wildman–Crippen MR) is 61.7 cm³/mol. The van der Waals surface area contributed by atoms with Crippen molar-refractivity contribution in [3.05, 3.63) is 17.0 Å². The monoisotopic (exact) mass is 207 g/mol. The number of aryl methyl sites for hydroxylation is 2. The van der Waals surface area contributed by atoms with E-state index in [1.165, 1.54) is 17.0 Å². The Hall–Kier alpha value is -0.830. The summed E-state index contributed by atoms with van der Waals surface area (Å²) in [6.07, 6.45) is 0. The summed E-state index contributed by atoms with van der Waals surface area (Å²) in [5.41, 5.74) is 10.1. The van der Waals surface area contributed by atoms with Crippen LogP contribution in [0.1, 0.15) is 36.7 Å². The largest absolute Gasteiger partial charge is 0.330 e. The highest BCUT2D eigenvalue weighted by atomic mass is 15.3. The molecule has 0 amide bonds. The molecule has 0 aromatic carbocycles. The van der Waals surface area contributed by atoms with Crippen molar-refractivity contribution < 1.29 is 0 Å². The molecular weight excluding hydrogens is 186 g/mol. The van der Waals surface area contributed by atoms with Crippen molar-refractivity contribution in [2.45, 2.75) is 33.6 Å². The lowest BCUT2D eigenvalue weighted by Gasteiger charge is -2.03. The van der Waals surface area contributed by atoms with Gasteiger partial charge in [0, 0.05) is 12.7 Å². The Morgan fingerprint density at radius 2 is 2.00 bits per heavy atom. The van der Waals surface area contributed by atoms with E-state index in [4.69, 9.17) is 5.73 Å². The normalized spacial score (nSPS) is 28.1. The number of nitrogens with zero attached hydrogens (tertiary/aromatic N) is 2. The van der Waals surface area contributed by atoms with Gasteiger partial charge in [0.25, 0.3) is 0 Å². The van der Waals surface area contributed by atoms with E-state index in [-0.39, 0.29) is 0 Å². The highest BCUT2D eigenvalue weighted by Gasteiger charge is 2.58. The Bertz CT molecular complexity index is 390. The van der Waals surface area contributed by atoms with Crippen LogP contribution in [0, 0.1) is 25.2 Å². The van der Waals surface area contributed by atoms with Crippen molar-refractivity contribution in [2.75, 3.05) is 6.54 Å². The molecule has 84 valence electrons. The van der Waals surface area contributed by atoms with Crippen molar-refractivity contribution in [3.63, 3.8) is 0 Å². The fraction of sp³-hybridized carbons (Fsp3) is 0.750. The summed E-state index contributed by atoms with van der Waals surface area (Å²) in [5, 5.41) is 4.48. The maximum atomic E-state index is 5.82. The van der Waals surface area contributed by atoms with Crippen molar-refractivity contribution in [3.8, 4) is 0 Å². The maximum absolute atomic E-state index is 5.82. The summed E-state index contributed by atoms with van der Waals surface area (Å²) in [6, 6.07) is 0. The van der Waals surface area contributed by atoms with Crippen LogP contribution in [-0.4, -0.2) is 16.3 Å². The molecule has 1 aliphatic carbocycles. The average Bonchev–Trinajstić information content (AvgIpc) is 2.58. The Kier molecular flexibility index (Phi) is 2.19. The van der Waals surface area contributed by atoms with Crippen LogP contribution in [0.5, 0.6) is 0 Å². The summed E-state index contributed by atoms with van der Waals surface area (Å²) < 4.78 is 1.98. The van der Waals surface area contributed by atoms with Crippen LogP contribution in [0.25, 0.3) is 0 Å². The molecule has 0 spiro atoms. The highest BCUT2D eigenvalue weighted by molar-refractivity contribution is 5.38. The molecule has 2 unspecified atom stereocenters. The van der Waals surface area contributed by atoms with Gasteiger partial charge in [-0.05, 0) is 43.2 Å². The topological polar surface area (TPSA) is 43.8 Å². The molecule has 1 aromatic rings. The molecule has 2 atom stereocenters. The molecule has 1 aromatic heterocycles. The van der Waals surface area contributed by atoms with Crippen LogP contribution in [-0.2, 0) is 7.05 Å². The van der Waals surface area contributed by atoms with Gasteiger partial charge in [-0.1, -0.05) is 13.8 Å². The van der Waals surface area contributed by atoms with Gasteiger partial charge in [-0.3, -0.25) is 4.68 Å². The second kappa shape index (κ2) is 3.08. The average molecular weight is 207 g/mol. The summed E-state index contributed by atoms with van der Waals surface area (Å²) in [6.45, 7) is 9.65. The standard InChI is InChI=1S/C12H21N3/c1-7-10(8(2)15(5)14-7)11-9(6-13)12(11,3)4/h9,11H,6,13H2,1-5H3. The van der Waals surface area contributed by atoms with Crippen LogP contribution in [0.4, 0.5) is 0 Å². The zero-order valence-corrected chi connectivity index (χ0v) is 10.3. The molecule has 2 rings (SSSR count). The number of aromatic nitrogens is 2. The number of nitrogens with two attached hydrogens (primary N) is 1. The minimum atomic E-state index is 0.354. The van der Waals surface area contributed by atoms with E-state index in [9.17, 15) is 0 Å². The molecule has 0 aliphatic heterocycles. The summed E-state index contributed by atoms with van der Waals surface area (Å²) in [7, 11) is 2.01. The first-order valence-electron chi connectivity index (χ1n) is 5.61. The third kappa shape index (κ3) is 1.33. The van der Waals surface area contributed by atoms with Crippen LogP contribution in [0.3, 0.4) is 0 Å². The van der Waals surface area contributed by atoms with E-state index in [1.54, 1.807) is 0 Å². The number of hydrogen-bond acceptors (Lipinski definition) is 2. The van der Waals surface area contributed by atoms with Gasteiger partial charge in [-0.2, -0.15) is 5.10 Å². The Labute approximate surface area is 91.7 Å². The number of rotatable bonds is 2. The van der Waals surface area contributed by atoms with Crippen molar-refractivity contribution in [1.82, 2.24) is 9.78 Å². The lowest BCUT2D eigenvalue weighted by Crippen LogP contribution is -2.05. The Morgan fingerprint density at radius 1 is 1.40 bits per heavy atom. The van der Waals surface area contributed by atoms with Crippen LogP contribution >= 0.6 is 0 Å². The van der Waals surface area contributed by atoms with Gasteiger partial charge in [0.2, 0.25) is 0 Å². The van der Waals surface area contributed by atoms with E-state index >= 15 is 0 Å². The quantitative estimate of drug-likeness (QED) is 0.802. The first kappa shape index (κ1) is 10.7. The van der Waals surface area contributed by atoms with Gasteiger partial charge in [0.15, 0.2) is 0 Å². The molecule has 1 heterocycles. The summed E-state index contributed by atoms with van der Waals surface area (Å²) in [4.78, 5) is 0. The van der Waals surface area contributed by atoms with Gasteiger partial charge in [-0.25, -0.2) is 0 Å². The minimum absolute atomic E-state index is 0.354. The third-order valence-electron chi connectivity index (χ3n) is 4.18. The van der Waals surface area contributed by atoms with Crippen molar-refractivity contribution >= 4 is 0 Å². The lowest BCUT2D eigenvalue weighted by molar-refractivity contribution is 0.558. The van der Waals surface area contributed by atoms with E-state index in [2.05, 4.69) is 32.8 Å². The molecule has 1 aliphatic rings. The molecule has 0 saturated heterocycles. The Morgan fingerprint density at radius 3 is 2.33 bits per heavy atom. The van der Waals surface area contributed by atoms with Gasteiger partial charge in [0.1, 0.15) is 0 Å². The first-order chi connectivity index (χ1) is 6.91. The Balaban J connectivity index is 2.40. The molecular formula is C12H21N3. The summed E-state index contributed by atoms with van der Waals surface area (Å²) in [5.74, 6) is 1.23. The molecule has 1 fully saturated rings. The van der Waals surface area contributed by atoms with Crippen LogP contribution < -0.4 is 5.73 Å². The molecule has 3 nitrogen and oxygen atoms in total. The third-order valence-corrected chi connectivity index (χ3v) is 4.18. The maximum Gasteiger partial charge on any atom is 0.0631 e. The second-order valence-corrected chi connectivity index (χ2v) is 5.35. The molecule has 15 heavy (non-hydrogen) atoms. The predicted octanol–water partition coefficient (Wildman–Crippen LogP) is 1.74. The van der Waals surface area contributed by atoms with Crippen molar-refractivity contribution in [2.24, 2.45) is 24.1 Å². The zero-order valence-electron chi connectivity index (χ0n) is 10.3. The van der Waals surface area contributed by atoms with Gasteiger partial charge in [0.05, 0.1) is 5.69 Å². The molecule has 2 N–H and O–H groups in total. The molecule has 0 radical (unpaired) electrons. The number of hydrogen-bond donors (Lipinski definition) is 1. The SMILES string of the molecule is Cc1nn(C)c(C)c1C1C(CN)C1(C)C. The van der Waals surface area contributed by atoms with E-state index in [0.717, 1.165) is 6.54 Å². The lowest BCUT2D eigenvalue weighted by atomic mass is 10.0.